The first-order chi connectivity index (χ1) is 16.4. The lowest BCUT2D eigenvalue weighted by Gasteiger charge is -2.14. The lowest BCUT2D eigenvalue weighted by molar-refractivity contribution is -0.112. The normalized spacial score (nSPS) is 11.1. The molecule has 4 aromatic rings. The van der Waals surface area contributed by atoms with Crippen LogP contribution in [-0.2, 0) is 11.4 Å². The van der Waals surface area contributed by atoms with Crippen LogP contribution in [-0.4, -0.2) is 11.0 Å². The van der Waals surface area contributed by atoms with Gasteiger partial charge in [-0.3, -0.25) is 4.79 Å². The second-order valence-corrected chi connectivity index (χ2v) is 8.25. The van der Waals surface area contributed by atoms with Gasteiger partial charge in [0.15, 0.2) is 0 Å². The van der Waals surface area contributed by atoms with Crippen molar-refractivity contribution >= 4 is 51.6 Å². The van der Waals surface area contributed by atoms with Crippen molar-refractivity contribution in [1.29, 1.82) is 5.26 Å². The van der Waals surface area contributed by atoms with E-state index in [1.807, 2.05) is 48.5 Å². The molecule has 0 bridgehead atoms. The number of nitrogens with one attached hydrogen (secondary N) is 1. The van der Waals surface area contributed by atoms with Gasteiger partial charge in [0.25, 0.3) is 5.91 Å². The second-order valence-electron chi connectivity index (χ2n) is 7.40. The van der Waals surface area contributed by atoms with E-state index in [2.05, 4.69) is 5.32 Å². The predicted molar refractivity (Wildman–Crippen MR) is 135 cm³/mol. The summed E-state index contributed by atoms with van der Waals surface area (Å²) in [5, 5.41) is 24.4. The molecule has 0 radical (unpaired) electrons. The van der Waals surface area contributed by atoms with Crippen LogP contribution < -0.4 is 10.1 Å². The molecule has 2 N–H and O–H groups in total. The molecule has 34 heavy (non-hydrogen) atoms. The molecule has 0 aliphatic carbocycles. The number of nitriles is 1. The molecule has 0 unspecified atom stereocenters. The number of amides is 1. The Morgan fingerprint density at radius 3 is 2.53 bits per heavy atom. The van der Waals surface area contributed by atoms with Crippen molar-refractivity contribution in [2.24, 2.45) is 0 Å². The maximum Gasteiger partial charge on any atom is 0.266 e. The van der Waals surface area contributed by atoms with Crippen molar-refractivity contribution in [2.45, 2.75) is 6.61 Å². The van der Waals surface area contributed by atoms with Gasteiger partial charge < -0.3 is 15.2 Å². The monoisotopic (exact) mass is 488 g/mol. The van der Waals surface area contributed by atoms with Crippen molar-refractivity contribution in [3.05, 3.63) is 106 Å². The fraction of sp³-hybridized carbons (Fsp3) is 0.0370. The summed E-state index contributed by atoms with van der Waals surface area (Å²) in [7, 11) is 0. The summed E-state index contributed by atoms with van der Waals surface area (Å²) in [5.74, 6) is -0.246. The highest BCUT2D eigenvalue weighted by molar-refractivity contribution is 6.36. The third-order valence-corrected chi connectivity index (χ3v) is 5.58. The lowest BCUT2D eigenvalue weighted by Crippen LogP contribution is -2.13. The smallest absolute Gasteiger partial charge is 0.266 e. The van der Waals surface area contributed by atoms with Crippen LogP contribution in [0, 0.1) is 11.3 Å². The number of hydrogen-bond donors (Lipinski definition) is 2. The average Bonchev–Trinajstić information content (AvgIpc) is 2.83. The summed E-state index contributed by atoms with van der Waals surface area (Å²) in [6, 6.07) is 24.8. The highest BCUT2D eigenvalue weighted by atomic mass is 35.5. The summed E-state index contributed by atoms with van der Waals surface area (Å²) in [4.78, 5) is 12.7. The first-order valence-corrected chi connectivity index (χ1v) is 11.0. The van der Waals surface area contributed by atoms with Gasteiger partial charge in [0.2, 0.25) is 0 Å². The molecule has 4 aromatic carbocycles. The molecule has 0 aliphatic heterocycles. The third-order valence-electron chi connectivity index (χ3n) is 5.08. The summed E-state index contributed by atoms with van der Waals surface area (Å²) < 4.78 is 6.07. The van der Waals surface area contributed by atoms with E-state index in [1.165, 1.54) is 30.3 Å². The standard InChI is InChI=1S/C27H18Cl2N2O3/c28-21-13-19(12-20(15-30)27(33)31-22-8-10-23(32)11-9-22)26(25(29)14-21)34-16-18-6-3-5-17-4-1-2-7-24(17)18/h1-14,32H,16H2,(H,31,33)/b20-12+. The minimum absolute atomic E-state index is 0.0654. The predicted octanol–water partition coefficient (Wildman–Crippen LogP) is 6.98. The fourth-order valence-corrected chi connectivity index (χ4v) is 4.02. The van der Waals surface area contributed by atoms with Crippen LogP contribution in [0.5, 0.6) is 11.5 Å². The van der Waals surface area contributed by atoms with Gasteiger partial charge in [-0.2, -0.15) is 5.26 Å². The molecule has 0 saturated carbocycles. The van der Waals surface area contributed by atoms with Gasteiger partial charge in [-0.25, -0.2) is 0 Å². The number of carbonyl (C=O) groups excluding carboxylic acids is 1. The average molecular weight is 489 g/mol. The number of benzene rings is 4. The molecule has 0 aliphatic rings. The van der Waals surface area contributed by atoms with Crippen LogP contribution in [0.1, 0.15) is 11.1 Å². The molecule has 4 rings (SSSR count). The zero-order chi connectivity index (χ0) is 24.1. The van der Waals surface area contributed by atoms with Gasteiger partial charge in [0.05, 0.1) is 5.02 Å². The van der Waals surface area contributed by atoms with E-state index < -0.39 is 5.91 Å². The first-order valence-electron chi connectivity index (χ1n) is 10.3. The highest BCUT2D eigenvalue weighted by Gasteiger charge is 2.15. The molecule has 1 amide bonds. The number of carbonyl (C=O) groups is 1. The van der Waals surface area contributed by atoms with Gasteiger partial charge in [0, 0.05) is 16.3 Å². The maximum absolute atomic E-state index is 12.7. The van der Waals surface area contributed by atoms with E-state index in [-0.39, 0.29) is 23.0 Å². The number of phenolic OH excluding ortho intramolecular Hbond substituents is 1. The minimum Gasteiger partial charge on any atom is -0.508 e. The van der Waals surface area contributed by atoms with Gasteiger partial charge in [0.1, 0.15) is 29.7 Å². The number of phenols is 1. The Bertz CT molecular complexity index is 1440. The Morgan fingerprint density at radius 2 is 1.76 bits per heavy atom. The molecule has 0 spiro atoms. The van der Waals surface area contributed by atoms with Crippen LogP contribution in [0.3, 0.4) is 0 Å². The summed E-state index contributed by atoms with van der Waals surface area (Å²) in [6.45, 7) is 0.227. The van der Waals surface area contributed by atoms with Crippen molar-refractivity contribution in [3.63, 3.8) is 0 Å². The number of aromatic hydroxyl groups is 1. The summed E-state index contributed by atoms with van der Waals surface area (Å²) in [5.41, 5.74) is 1.63. The van der Waals surface area contributed by atoms with Crippen LogP contribution in [0.15, 0.2) is 84.4 Å². The molecule has 0 aromatic heterocycles. The number of rotatable bonds is 6. The van der Waals surface area contributed by atoms with Gasteiger partial charge >= 0.3 is 0 Å². The molecule has 0 fully saturated rings. The number of anilines is 1. The third kappa shape index (κ3) is 5.32. The molecule has 5 nitrogen and oxygen atoms in total. The van der Waals surface area contributed by atoms with Crippen molar-refractivity contribution in [2.75, 3.05) is 5.32 Å². The lowest BCUT2D eigenvalue weighted by atomic mass is 10.1. The van der Waals surface area contributed by atoms with Crippen molar-refractivity contribution in [3.8, 4) is 17.6 Å². The van der Waals surface area contributed by atoms with Crippen molar-refractivity contribution in [1.82, 2.24) is 0 Å². The van der Waals surface area contributed by atoms with Gasteiger partial charge in [-0.15, -0.1) is 0 Å². The second kappa shape index (κ2) is 10.3. The van der Waals surface area contributed by atoms with E-state index in [4.69, 9.17) is 27.9 Å². The van der Waals surface area contributed by atoms with E-state index in [0.29, 0.717) is 22.0 Å². The van der Waals surface area contributed by atoms with Gasteiger partial charge in [-0.05, 0) is 58.8 Å². The molecule has 168 valence electrons. The Morgan fingerprint density at radius 1 is 1.03 bits per heavy atom. The largest absolute Gasteiger partial charge is 0.508 e. The minimum atomic E-state index is -0.621. The Balaban J connectivity index is 1.63. The zero-order valence-corrected chi connectivity index (χ0v) is 19.3. The van der Waals surface area contributed by atoms with Crippen LogP contribution >= 0.6 is 23.2 Å². The van der Waals surface area contributed by atoms with E-state index in [9.17, 15) is 15.2 Å². The van der Waals surface area contributed by atoms with Crippen LogP contribution in [0.2, 0.25) is 10.0 Å². The number of fused-ring (bicyclic) bond motifs is 1. The fourth-order valence-electron chi connectivity index (χ4n) is 3.46. The van der Waals surface area contributed by atoms with E-state index >= 15 is 0 Å². The highest BCUT2D eigenvalue weighted by Crippen LogP contribution is 2.35. The summed E-state index contributed by atoms with van der Waals surface area (Å²) >= 11 is 12.6. The Hall–Kier alpha value is -3.98. The van der Waals surface area contributed by atoms with Crippen LogP contribution in [0.4, 0.5) is 5.69 Å². The van der Waals surface area contributed by atoms with Crippen LogP contribution in [0.25, 0.3) is 16.8 Å². The first kappa shape index (κ1) is 23.2. The van der Waals surface area contributed by atoms with Gasteiger partial charge in [-0.1, -0.05) is 65.7 Å². The Labute approximate surface area is 206 Å². The molecule has 7 heteroatoms. The molecule has 0 saturated heterocycles. The van der Waals surface area contributed by atoms with Crippen molar-refractivity contribution < 1.29 is 14.6 Å². The Kier molecular flexibility index (Phi) is 7.03. The number of ether oxygens (including phenoxy) is 1. The quantitative estimate of drug-likeness (QED) is 0.174. The maximum atomic E-state index is 12.7. The molecule has 0 atom stereocenters. The number of hydrogen-bond acceptors (Lipinski definition) is 4. The topological polar surface area (TPSA) is 82.3 Å². The van der Waals surface area contributed by atoms with E-state index in [1.54, 1.807) is 12.1 Å². The number of nitrogens with zero attached hydrogens (tertiary/aromatic N) is 1. The molecule has 0 heterocycles. The van der Waals surface area contributed by atoms with E-state index in [0.717, 1.165) is 16.3 Å². The molecular formula is C27H18Cl2N2O3. The molecular weight excluding hydrogens is 471 g/mol. The zero-order valence-electron chi connectivity index (χ0n) is 17.8. The summed E-state index contributed by atoms with van der Waals surface area (Å²) in [6.07, 6.45) is 1.38. The SMILES string of the molecule is N#C/C(=C\c1cc(Cl)cc(Cl)c1OCc1cccc2ccccc12)C(=O)Nc1ccc(O)cc1. The number of halogens is 2.